The number of aromatic nitrogens is 14. The molecule has 8 aromatic heterocycles. The molecule has 0 saturated heterocycles. The lowest BCUT2D eigenvalue weighted by Gasteiger charge is -2.14. The molecule has 1 fully saturated rings. The number of alkyl halides is 4. The number of H-pyrrole nitrogens is 2. The second kappa shape index (κ2) is 24.3. The van der Waals surface area contributed by atoms with E-state index < -0.39 is 52.4 Å². The highest BCUT2D eigenvalue weighted by Crippen LogP contribution is 2.33. The lowest BCUT2D eigenvalue weighted by atomic mass is 10.2. The smallest absolute Gasteiger partial charge is 0.331 e. The molecule has 26 heteroatoms. The van der Waals surface area contributed by atoms with Crippen LogP contribution in [0.2, 0.25) is 0 Å². The van der Waals surface area contributed by atoms with E-state index in [2.05, 4.69) is 50.2 Å². The van der Waals surface area contributed by atoms with Crippen molar-refractivity contribution in [1.82, 2.24) is 68.5 Å². The third kappa shape index (κ3) is 13.0. The highest BCUT2D eigenvalue weighted by molar-refractivity contribution is 5.73. The van der Waals surface area contributed by atoms with Gasteiger partial charge in [-0.05, 0) is 95.4 Å². The Morgan fingerprint density at radius 2 is 1.01 bits per heavy atom. The van der Waals surface area contributed by atoms with Gasteiger partial charge >= 0.3 is 11.4 Å². The molecule has 8 heterocycles. The van der Waals surface area contributed by atoms with Gasteiger partial charge in [0.1, 0.15) is 34.1 Å². The molecule has 0 amide bonds. The van der Waals surface area contributed by atoms with Crippen LogP contribution in [0.5, 0.6) is 0 Å². The standard InChI is InChI=1S/C25H28FN7O4.C24H26F3N7O4/c1-15(26)21-29-19-20(22(34)30-21)32(14-6-7-16-10-11-16)25(36)33(24(19)35)13-5-3-9-18-28-23(37-31-18)17-8-2-4-12-27-17;1-14(25)20-30-18-19(21(35)31-20)33(12-6-3-9-16(26)27)24(37)34(23(18)36)13-7-4-10-17-29-22(38-32-17)15-8-2-5-11-28-15/h2,4,8,12,15-16H,3,5-7,9-11,13-14H2,1H3,(H,29,30,34);2,5,8,11,14,16H,3-4,6-7,9-10,12-13H2,1H3,(H,30,31,35). The Morgan fingerprint density at radius 3 is 1.43 bits per heavy atom. The van der Waals surface area contributed by atoms with Crippen LogP contribution in [0.15, 0.2) is 86.6 Å². The van der Waals surface area contributed by atoms with E-state index in [1.165, 1.54) is 24.3 Å². The Balaban J connectivity index is 0.000000199. The second-order valence-corrected chi connectivity index (χ2v) is 18.2. The van der Waals surface area contributed by atoms with Gasteiger partial charge in [-0.1, -0.05) is 35.3 Å². The number of fused-ring (bicyclic) bond motifs is 2. The summed E-state index contributed by atoms with van der Waals surface area (Å²) >= 11 is 0. The molecular weight excluding hydrogens is 989 g/mol. The maximum atomic E-state index is 13.9. The number of aryl methyl sites for hydroxylation is 4. The number of unbranched alkanes of at least 4 members (excludes halogenated alkanes) is 3. The van der Waals surface area contributed by atoms with Crippen molar-refractivity contribution in [1.29, 1.82) is 0 Å². The van der Waals surface area contributed by atoms with Crippen LogP contribution in [0, 0.1) is 5.92 Å². The maximum absolute atomic E-state index is 13.9. The van der Waals surface area contributed by atoms with Crippen LogP contribution >= 0.6 is 0 Å². The molecule has 2 N–H and O–H groups in total. The van der Waals surface area contributed by atoms with Gasteiger partial charge in [0.2, 0.25) is 6.43 Å². The zero-order chi connectivity index (χ0) is 53.2. The van der Waals surface area contributed by atoms with E-state index >= 15 is 0 Å². The molecule has 0 aromatic carbocycles. The number of rotatable bonds is 23. The summed E-state index contributed by atoms with van der Waals surface area (Å²) in [4.78, 5) is 108. The Hall–Kier alpha value is -8.06. The van der Waals surface area contributed by atoms with E-state index in [1.807, 2.05) is 6.07 Å². The summed E-state index contributed by atoms with van der Waals surface area (Å²) < 4.78 is 67.8. The highest BCUT2D eigenvalue weighted by atomic mass is 19.3. The summed E-state index contributed by atoms with van der Waals surface area (Å²) in [6.45, 7) is 2.71. The summed E-state index contributed by atoms with van der Waals surface area (Å²) in [5, 5.41) is 7.89. The molecule has 2 atom stereocenters. The second-order valence-electron chi connectivity index (χ2n) is 18.2. The Bertz CT molecular complexity index is 3600. The van der Waals surface area contributed by atoms with Crippen LogP contribution in [0.4, 0.5) is 17.6 Å². The third-order valence-corrected chi connectivity index (χ3v) is 12.5. The Morgan fingerprint density at radius 1 is 0.573 bits per heavy atom. The average molecular weight is 1040 g/mol. The van der Waals surface area contributed by atoms with Crippen molar-refractivity contribution in [2.75, 3.05) is 0 Å². The summed E-state index contributed by atoms with van der Waals surface area (Å²) in [5.41, 5.74) is -4.17. The van der Waals surface area contributed by atoms with Crippen molar-refractivity contribution in [3.63, 3.8) is 0 Å². The van der Waals surface area contributed by atoms with Crippen molar-refractivity contribution in [3.05, 3.63) is 134 Å². The van der Waals surface area contributed by atoms with Crippen LogP contribution in [-0.2, 0) is 39.0 Å². The molecule has 75 heavy (non-hydrogen) atoms. The normalized spacial score (nSPS) is 13.4. The molecule has 0 bridgehead atoms. The van der Waals surface area contributed by atoms with Gasteiger partial charge in [-0.3, -0.25) is 47.4 Å². The van der Waals surface area contributed by atoms with Crippen LogP contribution in [-0.4, -0.2) is 74.9 Å². The molecule has 9 rings (SSSR count). The maximum Gasteiger partial charge on any atom is 0.331 e. The van der Waals surface area contributed by atoms with Crippen molar-refractivity contribution < 1.29 is 26.6 Å². The van der Waals surface area contributed by atoms with E-state index in [1.54, 1.807) is 42.7 Å². The van der Waals surface area contributed by atoms with E-state index in [-0.39, 0.29) is 78.5 Å². The molecule has 22 nitrogen and oxygen atoms in total. The Kier molecular flexibility index (Phi) is 17.3. The first-order chi connectivity index (χ1) is 36.2. The van der Waals surface area contributed by atoms with Crippen LogP contribution in [0.25, 0.3) is 45.2 Å². The third-order valence-electron chi connectivity index (χ3n) is 12.5. The van der Waals surface area contributed by atoms with Gasteiger partial charge in [0.05, 0.1) is 0 Å². The van der Waals surface area contributed by atoms with Gasteiger partial charge in [0.15, 0.2) is 35.0 Å². The molecule has 8 aromatic rings. The summed E-state index contributed by atoms with van der Waals surface area (Å²) in [5.74, 6) is 1.62. The Labute approximate surface area is 422 Å². The summed E-state index contributed by atoms with van der Waals surface area (Å²) in [7, 11) is 0. The number of nitrogens with zero attached hydrogens (tertiary/aromatic N) is 12. The predicted octanol–water partition coefficient (Wildman–Crippen LogP) is 6.12. The summed E-state index contributed by atoms with van der Waals surface area (Å²) in [6, 6.07) is 10.7. The van der Waals surface area contributed by atoms with Gasteiger partial charge < -0.3 is 19.0 Å². The molecule has 1 aliphatic rings. The van der Waals surface area contributed by atoms with Crippen molar-refractivity contribution in [2.45, 2.75) is 142 Å². The van der Waals surface area contributed by atoms with Gasteiger partial charge in [-0.2, -0.15) is 9.97 Å². The van der Waals surface area contributed by atoms with Gasteiger partial charge in [-0.15, -0.1) is 0 Å². The minimum atomic E-state index is -2.49. The van der Waals surface area contributed by atoms with Crippen molar-refractivity contribution in [2.24, 2.45) is 5.92 Å². The van der Waals surface area contributed by atoms with Crippen LogP contribution < -0.4 is 33.6 Å². The number of hydrogen-bond donors (Lipinski definition) is 2. The molecule has 2 unspecified atom stereocenters. The minimum Gasteiger partial charge on any atom is -0.332 e. The van der Waals surface area contributed by atoms with E-state index in [0.29, 0.717) is 86.3 Å². The molecule has 0 radical (unpaired) electrons. The van der Waals surface area contributed by atoms with Crippen molar-refractivity contribution in [3.8, 4) is 23.2 Å². The highest BCUT2D eigenvalue weighted by Gasteiger charge is 2.24. The fourth-order valence-corrected chi connectivity index (χ4v) is 8.38. The van der Waals surface area contributed by atoms with Gasteiger partial charge in [-0.25, -0.2) is 37.1 Å². The number of halogens is 4. The largest absolute Gasteiger partial charge is 0.332 e. The SMILES string of the molecule is CC(F)c1nc2c(=O)n(CCCCc3noc(-c4ccccn4)n3)c(=O)n(CCCC3CC3)c2c(=O)[nH]1.CC(F)c1nc2c(=O)n(CCCCc3noc(-c4ccccn4)n3)c(=O)n(CCCCC(F)F)c2c(=O)[nH]1. The average Bonchev–Trinajstić information content (AvgIpc) is 3.88. The van der Waals surface area contributed by atoms with Gasteiger partial charge in [0, 0.05) is 57.8 Å². The quantitative estimate of drug-likeness (QED) is 0.0539. The molecule has 0 aliphatic heterocycles. The predicted molar refractivity (Wildman–Crippen MR) is 264 cm³/mol. The zero-order valence-corrected chi connectivity index (χ0v) is 41.1. The fraction of sp³-hybridized carbons (Fsp3) is 0.469. The van der Waals surface area contributed by atoms with Crippen molar-refractivity contribution >= 4 is 22.1 Å². The summed E-state index contributed by atoms with van der Waals surface area (Å²) in [6.07, 6.45) is 4.29. The zero-order valence-electron chi connectivity index (χ0n) is 41.1. The van der Waals surface area contributed by atoms with E-state index in [4.69, 9.17) is 9.05 Å². The number of hydrogen-bond acceptors (Lipinski definition) is 16. The number of aromatic amines is 2. The van der Waals surface area contributed by atoms with E-state index in [0.717, 1.165) is 27.0 Å². The first kappa shape index (κ1) is 53.2. The monoisotopic (exact) mass is 1040 g/mol. The van der Waals surface area contributed by atoms with E-state index in [9.17, 15) is 46.3 Å². The molecule has 0 spiro atoms. The first-order valence-corrected chi connectivity index (χ1v) is 24.8. The molecule has 1 aliphatic carbocycles. The molecular formula is C49H54F4N14O8. The fourth-order valence-electron chi connectivity index (χ4n) is 8.38. The van der Waals surface area contributed by atoms with Crippen LogP contribution in [0.1, 0.15) is 120 Å². The first-order valence-electron chi connectivity index (χ1n) is 24.8. The number of nitrogens with one attached hydrogen (secondary N) is 2. The van der Waals surface area contributed by atoms with Gasteiger partial charge in [0.25, 0.3) is 34.0 Å². The molecule has 396 valence electrons. The lowest BCUT2D eigenvalue weighted by Crippen LogP contribution is -2.42. The molecule has 1 saturated carbocycles. The number of pyridine rings is 2. The lowest BCUT2D eigenvalue weighted by molar-refractivity contribution is 0.133. The minimum absolute atomic E-state index is 0.00934. The van der Waals surface area contributed by atoms with Crippen LogP contribution in [0.3, 0.4) is 0 Å². The topological polar surface area (TPSA) is 283 Å².